The van der Waals surface area contributed by atoms with Crippen LogP contribution < -0.4 is 10.3 Å². The van der Waals surface area contributed by atoms with Gasteiger partial charge in [-0.1, -0.05) is 145 Å². The molecular formula is C34H47N7O2S. The Morgan fingerprint density at radius 3 is 1.84 bits per heavy atom. The standard InChI is InChI=1S/C34H47N7O2S/c1-2-3-4-5-6-7-8-9-10-11-12-13-14-15-22-27-30(42)35-32-31(33(43)40(37-32)28-23-18-16-19-24-28)44-34-36-38-39-41(34)29-25-20-17-21-26-29/h16-21,23-26,31H,2-15,22,27H2,1H3,(H,35,37,42). The van der Waals surface area contributed by atoms with E-state index in [0.717, 1.165) is 24.9 Å². The first-order valence-electron chi connectivity index (χ1n) is 16.4. The molecule has 1 unspecified atom stereocenters. The average Bonchev–Trinajstić information content (AvgIpc) is 3.64. The van der Waals surface area contributed by atoms with E-state index < -0.39 is 5.25 Å². The van der Waals surface area contributed by atoms with E-state index >= 15 is 0 Å². The van der Waals surface area contributed by atoms with Gasteiger partial charge in [-0.2, -0.15) is 9.69 Å². The summed E-state index contributed by atoms with van der Waals surface area (Å²) in [5, 5.41) is 20.5. The fraction of sp³-hybridized carbons (Fsp3) is 0.529. The van der Waals surface area contributed by atoms with E-state index in [1.165, 1.54) is 93.8 Å². The van der Waals surface area contributed by atoms with Gasteiger partial charge in [-0.15, -0.1) is 10.2 Å². The zero-order chi connectivity index (χ0) is 30.8. The summed E-state index contributed by atoms with van der Waals surface area (Å²) in [7, 11) is 0. The normalized spacial score (nSPS) is 14.7. The summed E-state index contributed by atoms with van der Waals surface area (Å²) in [6.07, 6.45) is 19.6. The van der Waals surface area contributed by atoms with E-state index in [-0.39, 0.29) is 11.8 Å². The molecule has 1 aliphatic heterocycles. The van der Waals surface area contributed by atoms with E-state index in [1.807, 2.05) is 60.7 Å². The third-order valence-electron chi connectivity index (χ3n) is 7.83. The van der Waals surface area contributed by atoms with Crippen LogP contribution in [0.15, 0.2) is 70.9 Å². The van der Waals surface area contributed by atoms with E-state index in [9.17, 15) is 9.59 Å². The Labute approximate surface area is 266 Å². The number of amides is 2. The Morgan fingerprint density at radius 1 is 0.750 bits per heavy atom. The summed E-state index contributed by atoms with van der Waals surface area (Å²) >= 11 is 1.18. The van der Waals surface area contributed by atoms with Crippen molar-refractivity contribution in [2.24, 2.45) is 5.10 Å². The maximum Gasteiger partial charge on any atom is 0.268 e. The Kier molecular flexibility index (Phi) is 14.4. The molecule has 44 heavy (non-hydrogen) atoms. The maximum atomic E-state index is 13.5. The lowest BCUT2D eigenvalue weighted by Gasteiger charge is -2.14. The lowest BCUT2D eigenvalue weighted by Crippen LogP contribution is -2.39. The quantitative estimate of drug-likeness (QED) is 0.129. The second kappa shape index (κ2) is 19.0. The first kappa shape index (κ1) is 33.4. The molecular weight excluding hydrogens is 570 g/mol. The molecule has 2 aromatic carbocycles. The van der Waals surface area contributed by atoms with Gasteiger partial charge < -0.3 is 5.32 Å². The molecule has 0 saturated heterocycles. The second-order valence-electron chi connectivity index (χ2n) is 11.4. The van der Waals surface area contributed by atoms with E-state index in [0.29, 0.717) is 23.1 Å². The molecule has 1 aromatic heterocycles. The molecule has 2 heterocycles. The lowest BCUT2D eigenvalue weighted by atomic mass is 10.0. The summed E-state index contributed by atoms with van der Waals surface area (Å²) in [5.74, 6) is -0.0853. The summed E-state index contributed by atoms with van der Waals surface area (Å²) < 4.78 is 1.58. The van der Waals surface area contributed by atoms with Crippen molar-refractivity contribution in [3.63, 3.8) is 0 Å². The lowest BCUT2D eigenvalue weighted by molar-refractivity contribution is -0.119. The van der Waals surface area contributed by atoms with Crippen LogP contribution in [0.1, 0.15) is 110 Å². The van der Waals surface area contributed by atoms with Crippen LogP contribution in [0.25, 0.3) is 5.69 Å². The zero-order valence-corrected chi connectivity index (χ0v) is 26.9. The number of hydrazone groups is 1. The monoisotopic (exact) mass is 617 g/mol. The topological polar surface area (TPSA) is 105 Å². The van der Waals surface area contributed by atoms with Crippen molar-refractivity contribution < 1.29 is 9.59 Å². The van der Waals surface area contributed by atoms with Crippen LogP contribution in [0, 0.1) is 0 Å². The molecule has 0 aliphatic carbocycles. The van der Waals surface area contributed by atoms with E-state index in [2.05, 4.69) is 32.9 Å². The highest BCUT2D eigenvalue weighted by Gasteiger charge is 2.40. The number of tetrazole rings is 1. The summed E-state index contributed by atoms with van der Waals surface area (Å²) in [6, 6.07) is 18.7. The van der Waals surface area contributed by atoms with Gasteiger partial charge in [0.2, 0.25) is 11.1 Å². The zero-order valence-electron chi connectivity index (χ0n) is 26.1. The molecule has 0 saturated carbocycles. The molecule has 0 bridgehead atoms. The fourth-order valence-corrected chi connectivity index (χ4v) is 6.29. The first-order valence-corrected chi connectivity index (χ1v) is 17.3. The van der Waals surface area contributed by atoms with Crippen molar-refractivity contribution in [2.75, 3.05) is 5.01 Å². The van der Waals surface area contributed by atoms with Crippen molar-refractivity contribution >= 4 is 35.1 Å². The number of amidine groups is 1. The molecule has 0 radical (unpaired) electrons. The van der Waals surface area contributed by atoms with E-state index in [1.54, 1.807) is 4.68 Å². The average molecular weight is 618 g/mol. The highest BCUT2D eigenvalue weighted by Crippen LogP contribution is 2.31. The Morgan fingerprint density at radius 2 is 1.27 bits per heavy atom. The van der Waals surface area contributed by atoms with Crippen molar-refractivity contribution in [1.82, 2.24) is 25.5 Å². The van der Waals surface area contributed by atoms with Gasteiger partial charge in [0.05, 0.1) is 11.4 Å². The van der Waals surface area contributed by atoms with Crippen molar-refractivity contribution in [3.05, 3.63) is 60.7 Å². The van der Waals surface area contributed by atoms with Crippen LogP contribution in [0.4, 0.5) is 5.69 Å². The van der Waals surface area contributed by atoms with Crippen LogP contribution in [0.2, 0.25) is 0 Å². The van der Waals surface area contributed by atoms with Crippen molar-refractivity contribution in [3.8, 4) is 5.69 Å². The van der Waals surface area contributed by atoms with Crippen LogP contribution in [-0.4, -0.2) is 43.1 Å². The molecule has 1 N–H and O–H groups in total. The SMILES string of the molecule is CCCCCCCCCCCCCCCCCC(=O)NC1=NN(c2ccccc2)C(=O)C1Sc1nnnn1-c1ccccc1. The minimum atomic E-state index is -0.784. The van der Waals surface area contributed by atoms with Crippen molar-refractivity contribution in [2.45, 2.75) is 120 Å². The van der Waals surface area contributed by atoms with E-state index in [4.69, 9.17) is 0 Å². The Balaban J connectivity index is 1.20. The molecule has 1 aliphatic rings. The number of thioether (sulfide) groups is 1. The number of anilines is 1. The fourth-order valence-electron chi connectivity index (χ4n) is 5.34. The molecule has 3 aromatic rings. The molecule has 4 rings (SSSR count). The summed E-state index contributed by atoms with van der Waals surface area (Å²) in [5.41, 5.74) is 1.42. The number of para-hydroxylation sites is 2. The predicted molar refractivity (Wildman–Crippen MR) is 178 cm³/mol. The molecule has 0 spiro atoms. The van der Waals surface area contributed by atoms with Gasteiger partial charge in [0.15, 0.2) is 11.1 Å². The van der Waals surface area contributed by atoms with Gasteiger partial charge in [-0.05, 0) is 41.1 Å². The number of nitrogens with zero attached hydrogens (tertiary/aromatic N) is 6. The van der Waals surface area contributed by atoms with Crippen molar-refractivity contribution in [1.29, 1.82) is 0 Å². The van der Waals surface area contributed by atoms with Gasteiger partial charge in [-0.3, -0.25) is 9.59 Å². The van der Waals surface area contributed by atoms with Gasteiger partial charge in [0, 0.05) is 6.42 Å². The molecule has 0 fully saturated rings. The first-order chi connectivity index (χ1) is 21.7. The number of rotatable bonds is 20. The molecule has 9 nitrogen and oxygen atoms in total. The smallest absolute Gasteiger partial charge is 0.268 e. The maximum absolute atomic E-state index is 13.5. The summed E-state index contributed by atoms with van der Waals surface area (Å²) in [4.78, 5) is 26.5. The number of hydrogen-bond acceptors (Lipinski definition) is 7. The largest absolute Gasteiger partial charge is 0.311 e. The summed E-state index contributed by atoms with van der Waals surface area (Å²) in [6.45, 7) is 2.27. The number of benzene rings is 2. The third kappa shape index (κ3) is 10.6. The highest BCUT2D eigenvalue weighted by atomic mass is 32.2. The third-order valence-corrected chi connectivity index (χ3v) is 8.96. The van der Waals surface area contributed by atoms with Crippen LogP contribution in [0.3, 0.4) is 0 Å². The minimum Gasteiger partial charge on any atom is -0.311 e. The van der Waals surface area contributed by atoms with Crippen LogP contribution >= 0.6 is 11.8 Å². The number of unbranched alkanes of at least 4 members (excludes halogenated alkanes) is 14. The van der Waals surface area contributed by atoms with Crippen LogP contribution in [-0.2, 0) is 9.59 Å². The van der Waals surface area contributed by atoms with Gasteiger partial charge >= 0.3 is 0 Å². The van der Waals surface area contributed by atoms with Crippen LogP contribution in [0.5, 0.6) is 0 Å². The van der Waals surface area contributed by atoms with Gasteiger partial charge in [0.25, 0.3) is 5.91 Å². The Hall–Kier alpha value is -3.53. The minimum absolute atomic E-state index is 0.130. The van der Waals surface area contributed by atoms with Gasteiger partial charge in [-0.25, -0.2) is 0 Å². The highest BCUT2D eigenvalue weighted by molar-refractivity contribution is 8.01. The molecule has 10 heteroatoms. The predicted octanol–water partition coefficient (Wildman–Crippen LogP) is 7.86. The Bertz CT molecular complexity index is 1300. The number of nitrogens with one attached hydrogen (secondary N) is 1. The molecule has 236 valence electrons. The number of hydrogen-bond donors (Lipinski definition) is 1. The van der Waals surface area contributed by atoms with Gasteiger partial charge in [0.1, 0.15) is 0 Å². The second-order valence-corrected chi connectivity index (χ2v) is 12.5. The number of aromatic nitrogens is 4. The molecule has 2 amide bonds. The number of carbonyl (C=O) groups is 2. The number of carbonyl (C=O) groups excluding carboxylic acids is 2. The molecule has 1 atom stereocenters.